The van der Waals surface area contributed by atoms with Crippen molar-refractivity contribution in [1.82, 2.24) is 5.32 Å². The van der Waals surface area contributed by atoms with Gasteiger partial charge in [-0.15, -0.1) is 12.4 Å². The van der Waals surface area contributed by atoms with Crippen molar-refractivity contribution in [2.75, 3.05) is 0 Å². The fourth-order valence-electron chi connectivity index (χ4n) is 0.948. The lowest BCUT2D eigenvalue weighted by Gasteiger charge is -2.23. The molecule has 16 heavy (non-hydrogen) atoms. The van der Waals surface area contributed by atoms with Gasteiger partial charge in [0.1, 0.15) is 11.6 Å². The first-order valence-corrected chi connectivity index (χ1v) is 4.86. The highest BCUT2D eigenvalue weighted by Crippen LogP contribution is 2.08. The standard InChI is InChI=1S/C10H19NO4.ClH/c1-6(2)7(8(12)13)11-9(14)15-10(3,4)5;/h6-7H,1-5H3,(H,11,14)(H,12,13);1H/t7-;/m0./s1. The van der Waals surface area contributed by atoms with Crippen LogP contribution in [0, 0.1) is 5.92 Å². The molecule has 5 nitrogen and oxygen atoms in total. The summed E-state index contributed by atoms with van der Waals surface area (Å²) < 4.78 is 4.96. The Balaban J connectivity index is 0. The molecule has 0 aliphatic carbocycles. The molecule has 0 fully saturated rings. The lowest BCUT2D eigenvalue weighted by molar-refractivity contribution is -0.140. The zero-order chi connectivity index (χ0) is 12.2. The van der Waals surface area contributed by atoms with Crippen molar-refractivity contribution in [2.24, 2.45) is 5.92 Å². The maximum absolute atomic E-state index is 11.3. The summed E-state index contributed by atoms with van der Waals surface area (Å²) >= 11 is 0. The van der Waals surface area contributed by atoms with Crippen molar-refractivity contribution >= 4 is 24.5 Å². The Labute approximate surface area is 102 Å². The highest BCUT2D eigenvalue weighted by molar-refractivity contribution is 5.85. The summed E-state index contributed by atoms with van der Waals surface area (Å²) in [6.07, 6.45) is -0.705. The third kappa shape index (κ3) is 7.34. The van der Waals surface area contributed by atoms with Crippen molar-refractivity contribution in [2.45, 2.75) is 46.3 Å². The third-order valence-electron chi connectivity index (χ3n) is 1.60. The molecule has 0 saturated carbocycles. The van der Waals surface area contributed by atoms with Gasteiger partial charge in [-0.25, -0.2) is 9.59 Å². The summed E-state index contributed by atoms with van der Waals surface area (Å²) in [6.45, 7) is 8.60. The number of rotatable bonds is 3. The summed E-state index contributed by atoms with van der Waals surface area (Å²) in [6, 6.07) is -0.917. The molecule has 6 heteroatoms. The minimum absolute atomic E-state index is 0. The van der Waals surface area contributed by atoms with E-state index in [1.165, 1.54) is 0 Å². The van der Waals surface area contributed by atoms with Gasteiger partial charge in [0.05, 0.1) is 0 Å². The highest BCUT2D eigenvalue weighted by atomic mass is 35.5. The van der Waals surface area contributed by atoms with Crippen molar-refractivity contribution in [3.63, 3.8) is 0 Å². The quantitative estimate of drug-likeness (QED) is 0.807. The summed E-state index contributed by atoms with van der Waals surface area (Å²) in [5.74, 6) is -1.24. The monoisotopic (exact) mass is 253 g/mol. The van der Waals surface area contributed by atoms with Crippen LogP contribution in [0.1, 0.15) is 34.6 Å². The van der Waals surface area contributed by atoms with Crippen LogP contribution < -0.4 is 5.32 Å². The van der Waals surface area contributed by atoms with E-state index in [0.29, 0.717) is 0 Å². The van der Waals surface area contributed by atoms with E-state index in [1.54, 1.807) is 34.6 Å². The number of nitrogens with one attached hydrogen (secondary N) is 1. The van der Waals surface area contributed by atoms with Gasteiger partial charge in [-0.05, 0) is 26.7 Å². The lowest BCUT2D eigenvalue weighted by atomic mass is 10.1. The minimum atomic E-state index is -1.06. The number of amides is 1. The second-order valence-corrected chi connectivity index (χ2v) is 4.71. The van der Waals surface area contributed by atoms with E-state index < -0.39 is 23.7 Å². The molecule has 0 aromatic carbocycles. The van der Waals surface area contributed by atoms with Gasteiger partial charge >= 0.3 is 12.1 Å². The molecule has 96 valence electrons. The van der Waals surface area contributed by atoms with Gasteiger partial charge in [-0.1, -0.05) is 13.8 Å². The molecular weight excluding hydrogens is 234 g/mol. The molecule has 0 heterocycles. The molecule has 0 bridgehead atoms. The number of ether oxygens (including phenoxy) is 1. The Bertz CT molecular complexity index is 248. The summed E-state index contributed by atoms with van der Waals surface area (Å²) in [5.41, 5.74) is -0.621. The Hall–Kier alpha value is -0.970. The molecule has 0 unspecified atom stereocenters. The number of hydrogen-bond donors (Lipinski definition) is 2. The van der Waals surface area contributed by atoms with Gasteiger partial charge < -0.3 is 15.2 Å². The van der Waals surface area contributed by atoms with Crippen LogP contribution in [0.25, 0.3) is 0 Å². The molecular formula is C10H20ClNO4. The maximum atomic E-state index is 11.3. The second kappa shape index (κ2) is 6.58. The predicted octanol–water partition coefficient (Wildman–Crippen LogP) is 2.04. The zero-order valence-corrected chi connectivity index (χ0v) is 11.1. The van der Waals surface area contributed by atoms with Gasteiger partial charge in [0, 0.05) is 0 Å². The molecule has 0 aromatic rings. The average molecular weight is 254 g/mol. The lowest BCUT2D eigenvalue weighted by Crippen LogP contribution is -2.46. The topological polar surface area (TPSA) is 75.6 Å². The molecule has 0 aliphatic rings. The molecule has 0 rings (SSSR count). The van der Waals surface area contributed by atoms with Crippen LogP contribution in [0.5, 0.6) is 0 Å². The van der Waals surface area contributed by atoms with Crippen LogP contribution in [0.3, 0.4) is 0 Å². The number of hydrogen-bond acceptors (Lipinski definition) is 3. The Morgan fingerprint density at radius 3 is 1.94 bits per heavy atom. The molecule has 0 aromatic heterocycles. The van der Waals surface area contributed by atoms with Gasteiger partial charge in [0.25, 0.3) is 0 Å². The molecule has 0 saturated heterocycles. The molecule has 0 aliphatic heterocycles. The van der Waals surface area contributed by atoms with Gasteiger partial charge in [-0.2, -0.15) is 0 Å². The number of carboxylic acid groups (broad SMARTS) is 1. The van der Waals surface area contributed by atoms with Crippen molar-refractivity contribution in [1.29, 1.82) is 0 Å². The van der Waals surface area contributed by atoms with Crippen molar-refractivity contribution in [3.8, 4) is 0 Å². The van der Waals surface area contributed by atoms with Crippen LogP contribution in [0.4, 0.5) is 4.79 Å². The fourth-order valence-corrected chi connectivity index (χ4v) is 0.948. The molecule has 0 radical (unpaired) electrons. The number of aliphatic carboxylic acids is 1. The van der Waals surface area contributed by atoms with Crippen molar-refractivity contribution < 1.29 is 19.4 Å². The van der Waals surface area contributed by atoms with E-state index in [1.807, 2.05) is 0 Å². The largest absolute Gasteiger partial charge is 0.480 e. The normalized spacial score (nSPS) is 12.6. The molecule has 1 amide bonds. The van der Waals surface area contributed by atoms with Crippen molar-refractivity contribution in [3.05, 3.63) is 0 Å². The average Bonchev–Trinajstić information content (AvgIpc) is 1.95. The summed E-state index contributed by atoms with van der Waals surface area (Å²) in [5, 5.41) is 11.1. The van der Waals surface area contributed by atoms with Crippen LogP contribution >= 0.6 is 12.4 Å². The fraction of sp³-hybridized carbons (Fsp3) is 0.800. The first-order valence-electron chi connectivity index (χ1n) is 4.86. The van der Waals surface area contributed by atoms with E-state index in [2.05, 4.69) is 5.32 Å². The highest BCUT2D eigenvalue weighted by Gasteiger charge is 2.26. The Kier molecular flexibility index (Phi) is 7.16. The number of carbonyl (C=O) groups excluding carboxylic acids is 1. The third-order valence-corrected chi connectivity index (χ3v) is 1.60. The Morgan fingerprint density at radius 1 is 1.25 bits per heavy atom. The van der Waals surface area contributed by atoms with Gasteiger partial charge in [-0.3, -0.25) is 0 Å². The maximum Gasteiger partial charge on any atom is 0.408 e. The van der Waals surface area contributed by atoms with Crippen LogP contribution in [-0.4, -0.2) is 28.8 Å². The summed E-state index contributed by atoms with van der Waals surface area (Å²) in [7, 11) is 0. The zero-order valence-electron chi connectivity index (χ0n) is 10.2. The number of carboxylic acids is 1. The van der Waals surface area contributed by atoms with Gasteiger partial charge in [0.15, 0.2) is 0 Å². The Morgan fingerprint density at radius 2 is 1.69 bits per heavy atom. The molecule has 0 spiro atoms. The van der Waals surface area contributed by atoms with E-state index in [0.717, 1.165) is 0 Å². The van der Waals surface area contributed by atoms with Crippen LogP contribution in [0.15, 0.2) is 0 Å². The van der Waals surface area contributed by atoms with E-state index in [9.17, 15) is 9.59 Å². The van der Waals surface area contributed by atoms with E-state index >= 15 is 0 Å². The first-order chi connectivity index (χ1) is 6.63. The first kappa shape index (κ1) is 17.4. The van der Waals surface area contributed by atoms with E-state index in [4.69, 9.17) is 9.84 Å². The number of halogens is 1. The second-order valence-electron chi connectivity index (χ2n) is 4.71. The minimum Gasteiger partial charge on any atom is -0.480 e. The predicted molar refractivity (Wildman–Crippen MR) is 62.9 cm³/mol. The van der Waals surface area contributed by atoms with E-state index in [-0.39, 0.29) is 18.3 Å². The van der Waals surface area contributed by atoms with Gasteiger partial charge in [0.2, 0.25) is 0 Å². The van der Waals surface area contributed by atoms with Crippen LogP contribution in [-0.2, 0) is 9.53 Å². The number of alkyl carbamates (subject to hydrolysis) is 1. The SMILES string of the molecule is CC(C)[C@H](NC(=O)OC(C)(C)C)C(=O)O.Cl. The summed E-state index contributed by atoms with van der Waals surface area (Å²) in [4.78, 5) is 22.1. The number of carbonyl (C=O) groups is 2. The molecule has 1 atom stereocenters. The van der Waals surface area contributed by atoms with Crippen LogP contribution in [0.2, 0.25) is 0 Å². The smallest absolute Gasteiger partial charge is 0.408 e. The molecule has 2 N–H and O–H groups in total.